The first-order valence-corrected chi connectivity index (χ1v) is 18.2. The van der Waals surface area contributed by atoms with Crippen molar-refractivity contribution in [2.45, 2.75) is 143 Å². The Morgan fingerprint density at radius 1 is 0.958 bits per heavy atom. The number of hydrogen-bond acceptors (Lipinski definition) is 8. The number of likely N-dealkylation sites (tertiary alicyclic amines) is 1. The number of nitrogens with zero attached hydrogens (tertiary/aromatic N) is 2. The number of aromatic nitrogens is 1. The molecule has 1 aliphatic rings. The molecular formula is C37H56N4O6S. The van der Waals surface area contributed by atoms with Gasteiger partial charge in [0.1, 0.15) is 17.7 Å². The number of rotatable bonds is 16. The number of thiazole rings is 1. The van der Waals surface area contributed by atoms with Gasteiger partial charge in [-0.3, -0.25) is 19.2 Å². The summed E-state index contributed by atoms with van der Waals surface area (Å²) in [6.45, 7) is 13.6. The lowest BCUT2D eigenvalue weighted by molar-refractivity contribution is -0.155. The number of esters is 1. The second kappa shape index (κ2) is 17.9. The number of amides is 3. The van der Waals surface area contributed by atoms with Crippen LogP contribution in [0.2, 0.25) is 0 Å². The minimum absolute atomic E-state index is 0.0417. The van der Waals surface area contributed by atoms with Crippen LogP contribution in [-0.4, -0.2) is 69.0 Å². The number of carbonyl (C=O) groups is 4. The van der Waals surface area contributed by atoms with Crippen LogP contribution in [0, 0.1) is 12.3 Å². The van der Waals surface area contributed by atoms with Crippen LogP contribution in [0.4, 0.5) is 0 Å². The first kappa shape index (κ1) is 39.1. The quantitative estimate of drug-likeness (QED) is 0.144. The zero-order valence-electron chi connectivity index (χ0n) is 29.9. The number of aliphatic hydroxyl groups is 1. The highest BCUT2D eigenvalue weighted by molar-refractivity contribution is 7.13. The molecule has 2 aromatic rings. The third kappa shape index (κ3) is 12.6. The summed E-state index contributed by atoms with van der Waals surface area (Å²) in [5.74, 6) is -1.03. The molecule has 266 valence electrons. The lowest BCUT2D eigenvalue weighted by Gasteiger charge is -2.35. The summed E-state index contributed by atoms with van der Waals surface area (Å²) >= 11 is 1.58. The van der Waals surface area contributed by atoms with Gasteiger partial charge in [-0.05, 0) is 57.1 Å². The molecule has 3 N–H and O–H groups in total. The maximum absolute atomic E-state index is 13.8. The predicted octanol–water partition coefficient (Wildman–Crippen LogP) is 6.08. The Balaban J connectivity index is 1.44. The maximum atomic E-state index is 13.8. The Bertz CT molecular complexity index is 1360. The summed E-state index contributed by atoms with van der Waals surface area (Å²) in [4.78, 5) is 58.8. The van der Waals surface area contributed by atoms with Crippen molar-refractivity contribution in [3.63, 3.8) is 0 Å². The molecule has 0 radical (unpaired) electrons. The molecule has 1 aromatic carbocycles. The van der Waals surface area contributed by atoms with E-state index in [-0.39, 0.29) is 36.7 Å². The first-order chi connectivity index (χ1) is 22.5. The number of β-amino-alcohol motifs (C(OH)–C–C–N with tert-alkyl or cyclic N) is 1. The highest BCUT2D eigenvalue weighted by Gasteiger charge is 2.44. The van der Waals surface area contributed by atoms with Crippen molar-refractivity contribution in [1.29, 1.82) is 0 Å². The SMILES string of the molecule is Cc1ncsc1-c1ccc(CNC(=O)[C@@H]2C[C@@H](O)CN2C(=O)[C@@H](NC(=O)CCCCCCCCCC(=O)OC(C)(C)C)C(C)(C)C)cc1. The molecule has 3 rings (SSSR count). The predicted molar refractivity (Wildman–Crippen MR) is 189 cm³/mol. The van der Waals surface area contributed by atoms with Crippen molar-refractivity contribution in [2.75, 3.05) is 6.54 Å². The van der Waals surface area contributed by atoms with E-state index >= 15 is 0 Å². The summed E-state index contributed by atoms with van der Waals surface area (Å²) in [6.07, 6.45) is 6.56. The number of ether oxygens (including phenoxy) is 1. The van der Waals surface area contributed by atoms with Gasteiger partial charge in [0.25, 0.3) is 0 Å². The molecule has 1 aliphatic heterocycles. The molecular weight excluding hydrogens is 628 g/mol. The molecule has 3 atom stereocenters. The smallest absolute Gasteiger partial charge is 0.306 e. The number of unbranched alkanes of at least 4 members (excludes halogenated alkanes) is 6. The fraction of sp³-hybridized carbons (Fsp3) is 0.649. The van der Waals surface area contributed by atoms with Crippen LogP contribution in [0.3, 0.4) is 0 Å². The average Bonchev–Trinajstić information content (AvgIpc) is 3.61. The molecule has 3 amide bonds. The van der Waals surface area contributed by atoms with Crippen LogP contribution in [0.15, 0.2) is 29.8 Å². The molecule has 10 nitrogen and oxygen atoms in total. The molecule has 1 aromatic heterocycles. The molecule has 1 saturated heterocycles. The van der Waals surface area contributed by atoms with Gasteiger partial charge in [0, 0.05) is 32.4 Å². The van der Waals surface area contributed by atoms with E-state index in [1.54, 1.807) is 11.3 Å². The molecule has 0 unspecified atom stereocenters. The van der Waals surface area contributed by atoms with Crippen molar-refractivity contribution >= 4 is 35.0 Å². The third-order valence-corrected chi connectivity index (χ3v) is 9.39. The van der Waals surface area contributed by atoms with Crippen molar-refractivity contribution in [3.8, 4) is 10.4 Å². The minimum Gasteiger partial charge on any atom is -0.460 e. The molecule has 0 spiro atoms. The Kier molecular flexibility index (Phi) is 14.6. The molecule has 48 heavy (non-hydrogen) atoms. The second-order valence-corrected chi connectivity index (χ2v) is 15.9. The van der Waals surface area contributed by atoms with E-state index in [1.165, 1.54) is 4.90 Å². The summed E-state index contributed by atoms with van der Waals surface area (Å²) in [5, 5.41) is 16.4. The monoisotopic (exact) mass is 684 g/mol. The standard InChI is InChI=1S/C37H56N4O6S/c1-25-32(48-24-39-25)27-19-17-26(18-20-27)22-38-34(45)29-21-28(42)23-41(29)35(46)33(36(2,3)4)40-30(43)15-13-11-9-8-10-12-14-16-31(44)47-37(5,6)7/h17-20,24,28-29,33,42H,8-16,21-23H2,1-7H3,(H,38,45)(H,40,43)/t28-,29+,33-/m1/s1. The van der Waals surface area contributed by atoms with Crippen LogP contribution in [0.5, 0.6) is 0 Å². The van der Waals surface area contributed by atoms with E-state index in [0.717, 1.165) is 60.2 Å². The van der Waals surface area contributed by atoms with Gasteiger partial charge in [-0.2, -0.15) is 0 Å². The van der Waals surface area contributed by atoms with Crippen molar-refractivity contribution < 1.29 is 29.0 Å². The average molecular weight is 685 g/mol. The summed E-state index contributed by atoms with van der Waals surface area (Å²) in [7, 11) is 0. The number of hydrogen-bond donors (Lipinski definition) is 3. The Labute approximate surface area is 290 Å². The lowest BCUT2D eigenvalue weighted by atomic mass is 9.85. The van der Waals surface area contributed by atoms with Crippen LogP contribution in [0.1, 0.15) is 117 Å². The van der Waals surface area contributed by atoms with E-state index in [1.807, 2.05) is 78.2 Å². The molecule has 1 fully saturated rings. The Morgan fingerprint density at radius 2 is 1.56 bits per heavy atom. The fourth-order valence-corrected chi connectivity index (χ4v) is 6.66. The van der Waals surface area contributed by atoms with Crippen LogP contribution < -0.4 is 10.6 Å². The van der Waals surface area contributed by atoms with E-state index in [4.69, 9.17) is 4.74 Å². The zero-order chi connectivity index (χ0) is 35.5. The third-order valence-electron chi connectivity index (χ3n) is 8.42. The Morgan fingerprint density at radius 3 is 2.12 bits per heavy atom. The summed E-state index contributed by atoms with van der Waals surface area (Å²) in [5.41, 5.74) is 3.74. The number of aryl methyl sites for hydroxylation is 1. The second-order valence-electron chi connectivity index (χ2n) is 15.0. The molecule has 2 heterocycles. The van der Waals surface area contributed by atoms with Gasteiger partial charge in [0.05, 0.1) is 22.2 Å². The van der Waals surface area contributed by atoms with Crippen molar-refractivity contribution in [1.82, 2.24) is 20.5 Å². The largest absolute Gasteiger partial charge is 0.460 e. The van der Waals surface area contributed by atoms with Gasteiger partial charge in [0.15, 0.2) is 0 Å². The number of nitrogens with one attached hydrogen (secondary N) is 2. The van der Waals surface area contributed by atoms with Gasteiger partial charge >= 0.3 is 5.97 Å². The Hall–Kier alpha value is -3.31. The van der Waals surface area contributed by atoms with Crippen LogP contribution >= 0.6 is 11.3 Å². The fourth-order valence-electron chi connectivity index (χ4n) is 5.84. The highest BCUT2D eigenvalue weighted by atomic mass is 32.1. The molecule has 0 saturated carbocycles. The molecule has 0 aliphatic carbocycles. The first-order valence-electron chi connectivity index (χ1n) is 17.3. The van der Waals surface area contributed by atoms with Crippen LogP contribution in [-0.2, 0) is 30.5 Å². The zero-order valence-corrected chi connectivity index (χ0v) is 30.7. The van der Waals surface area contributed by atoms with Gasteiger partial charge in [0.2, 0.25) is 17.7 Å². The number of carbonyl (C=O) groups excluding carboxylic acids is 4. The maximum Gasteiger partial charge on any atom is 0.306 e. The van der Waals surface area contributed by atoms with Gasteiger partial charge in [-0.1, -0.05) is 77.1 Å². The van der Waals surface area contributed by atoms with E-state index in [0.29, 0.717) is 25.8 Å². The van der Waals surface area contributed by atoms with E-state index in [9.17, 15) is 24.3 Å². The van der Waals surface area contributed by atoms with E-state index < -0.39 is 29.2 Å². The minimum atomic E-state index is -0.835. The normalized spacial score (nSPS) is 17.2. The summed E-state index contributed by atoms with van der Waals surface area (Å²) < 4.78 is 5.34. The molecule has 11 heteroatoms. The molecule has 0 bridgehead atoms. The van der Waals surface area contributed by atoms with E-state index in [2.05, 4.69) is 15.6 Å². The van der Waals surface area contributed by atoms with Gasteiger partial charge in [-0.25, -0.2) is 4.98 Å². The van der Waals surface area contributed by atoms with Crippen molar-refractivity contribution in [3.05, 3.63) is 41.0 Å². The summed E-state index contributed by atoms with van der Waals surface area (Å²) in [6, 6.07) is 6.27. The number of benzene rings is 1. The highest BCUT2D eigenvalue weighted by Crippen LogP contribution is 2.28. The van der Waals surface area contributed by atoms with Gasteiger partial charge < -0.3 is 25.4 Å². The lowest BCUT2D eigenvalue weighted by Crippen LogP contribution is -2.57. The topological polar surface area (TPSA) is 138 Å². The number of aliphatic hydroxyl groups excluding tert-OH is 1. The van der Waals surface area contributed by atoms with Crippen LogP contribution in [0.25, 0.3) is 10.4 Å². The van der Waals surface area contributed by atoms with Gasteiger partial charge in [-0.15, -0.1) is 11.3 Å². The van der Waals surface area contributed by atoms with Crippen molar-refractivity contribution in [2.24, 2.45) is 5.41 Å².